The molecule has 1 heterocycles. The molecule has 0 aliphatic carbocycles. The Kier molecular flexibility index (Phi) is 4.38. The number of ether oxygens (including phenoxy) is 1. The first kappa shape index (κ1) is 14.1. The summed E-state index contributed by atoms with van der Waals surface area (Å²) in [6.45, 7) is 3.60. The van der Waals surface area contributed by atoms with Crippen LogP contribution in [0.3, 0.4) is 0 Å². The highest BCUT2D eigenvalue weighted by Crippen LogP contribution is 2.14. The number of carbonyl (C=O) groups is 2. The third-order valence-corrected chi connectivity index (χ3v) is 2.42. The number of nitrogens with zero attached hydrogens (tertiary/aromatic N) is 1. The number of rotatable bonds is 5. The van der Waals surface area contributed by atoms with Crippen LogP contribution in [0.25, 0.3) is 0 Å². The molecule has 0 fully saturated rings. The molecule has 1 aromatic heterocycles. The first-order chi connectivity index (χ1) is 8.34. The summed E-state index contributed by atoms with van der Waals surface area (Å²) in [5.41, 5.74) is -0.476. The molecule has 0 saturated heterocycles. The van der Waals surface area contributed by atoms with Crippen LogP contribution in [0.5, 0.6) is 0 Å². The van der Waals surface area contributed by atoms with Gasteiger partial charge in [0.1, 0.15) is 5.82 Å². The van der Waals surface area contributed by atoms with Crippen molar-refractivity contribution in [3.8, 4) is 0 Å². The fourth-order valence-corrected chi connectivity index (χ4v) is 1.24. The van der Waals surface area contributed by atoms with Gasteiger partial charge in [-0.25, -0.2) is 9.78 Å². The Morgan fingerprint density at radius 1 is 1.44 bits per heavy atom. The minimum atomic E-state index is -1.05. The van der Waals surface area contributed by atoms with Crippen molar-refractivity contribution in [2.75, 3.05) is 12.4 Å². The SMILES string of the molecule is COC(C)(C)CC(=O)Nc1ccc(C(=O)O)cn1. The molecule has 1 rings (SSSR count). The summed E-state index contributed by atoms with van der Waals surface area (Å²) < 4.78 is 5.14. The molecule has 0 spiro atoms. The highest BCUT2D eigenvalue weighted by molar-refractivity contribution is 5.91. The molecule has 1 aromatic rings. The van der Waals surface area contributed by atoms with E-state index in [0.29, 0.717) is 5.82 Å². The number of carboxylic acids is 1. The largest absolute Gasteiger partial charge is 0.478 e. The van der Waals surface area contributed by atoms with Crippen molar-refractivity contribution in [3.05, 3.63) is 23.9 Å². The zero-order valence-electron chi connectivity index (χ0n) is 10.6. The van der Waals surface area contributed by atoms with E-state index in [-0.39, 0.29) is 17.9 Å². The minimum absolute atomic E-state index is 0.0743. The topological polar surface area (TPSA) is 88.5 Å². The first-order valence-electron chi connectivity index (χ1n) is 5.38. The molecule has 0 aliphatic rings. The van der Waals surface area contributed by atoms with E-state index in [4.69, 9.17) is 9.84 Å². The van der Waals surface area contributed by atoms with Crippen molar-refractivity contribution in [2.24, 2.45) is 0 Å². The van der Waals surface area contributed by atoms with Crippen molar-refractivity contribution in [1.82, 2.24) is 4.98 Å². The van der Waals surface area contributed by atoms with Gasteiger partial charge in [-0.2, -0.15) is 0 Å². The minimum Gasteiger partial charge on any atom is -0.478 e. The molecule has 0 unspecified atom stereocenters. The Morgan fingerprint density at radius 2 is 2.11 bits per heavy atom. The molecule has 0 saturated carbocycles. The number of hydrogen-bond donors (Lipinski definition) is 2. The Labute approximate surface area is 105 Å². The zero-order valence-corrected chi connectivity index (χ0v) is 10.6. The van der Waals surface area contributed by atoms with Gasteiger partial charge in [-0.05, 0) is 26.0 Å². The monoisotopic (exact) mass is 252 g/mol. The molecule has 98 valence electrons. The second-order valence-electron chi connectivity index (χ2n) is 4.43. The van der Waals surface area contributed by atoms with Crippen LogP contribution in [0.1, 0.15) is 30.6 Å². The zero-order chi connectivity index (χ0) is 13.8. The Morgan fingerprint density at radius 3 is 2.56 bits per heavy atom. The van der Waals surface area contributed by atoms with E-state index < -0.39 is 11.6 Å². The normalized spacial score (nSPS) is 11.1. The molecular formula is C12H16N2O4. The van der Waals surface area contributed by atoms with Crippen LogP contribution in [-0.4, -0.2) is 34.7 Å². The Bertz CT molecular complexity index is 440. The van der Waals surface area contributed by atoms with Crippen LogP contribution < -0.4 is 5.32 Å². The lowest BCUT2D eigenvalue weighted by Crippen LogP contribution is -2.29. The van der Waals surface area contributed by atoms with E-state index >= 15 is 0 Å². The summed E-state index contributed by atoms with van der Waals surface area (Å²) in [7, 11) is 1.53. The molecule has 1 amide bonds. The number of amides is 1. The molecule has 6 nitrogen and oxygen atoms in total. The van der Waals surface area contributed by atoms with Gasteiger partial charge in [0.25, 0.3) is 0 Å². The third-order valence-electron chi connectivity index (χ3n) is 2.42. The van der Waals surface area contributed by atoms with E-state index in [1.54, 1.807) is 13.8 Å². The van der Waals surface area contributed by atoms with Gasteiger partial charge >= 0.3 is 5.97 Å². The molecule has 0 radical (unpaired) electrons. The smallest absolute Gasteiger partial charge is 0.337 e. The van der Waals surface area contributed by atoms with Gasteiger partial charge in [-0.1, -0.05) is 0 Å². The summed E-state index contributed by atoms with van der Waals surface area (Å²) in [5, 5.41) is 11.3. The lowest BCUT2D eigenvalue weighted by atomic mass is 10.1. The number of methoxy groups -OCH3 is 1. The van der Waals surface area contributed by atoms with Crippen molar-refractivity contribution >= 4 is 17.7 Å². The lowest BCUT2D eigenvalue weighted by molar-refractivity contribution is -0.121. The van der Waals surface area contributed by atoms with Gasteiger partial charge < -0.3 is 15.2 Å². The fourth-order valence-electron chi connectivity index (χ4n) is 1.24. The molecule has 0 aromatic carbocycles. The number of anilines is 1. The van der Waals surface area contributed by atoms with E-state index in [2.05, 4.69) is 10.3 Å². The maximum Gasteiger partial charge on any atom is 0.337 e. The van der Waals surface area contributed by atoms with Crippen LogP contribution in [0.4, 0.5) is 5.82 Å². The van der Waals surface area contributed by atoms with Gasteiger partial charge in [0, 0.05) is 13.3 Å². The fraction of sp³-hybridized carbons (Fsp3) is 0.417. The van der Waals surface area contributed by atoms with Crippen LogP contribution >= 0.6 is 0 Å². The van der Waals surface area contributed by atoms with E-state index in [0.717, 1.165) is 0 Å². The maximum atomic E-state index is 11.7. The van der Waals surface area contributed by atoms with E-state index in [1.807, 2.05) is 0 Å². The van der Waals surface area contributed by atoms with E-state index in [9.17, 15) is 9.59 Å². The number of hydrogen-bond acceptors (Lipinski definition) is 4. The lowest BCUT2D eigenvalue weighted by Gasteiger charge is -2.21. The number of nitrogens with one attached hydrogen (secondary N) is 1. The van der Waals surface area contributed by atoms with Crippen LogP contribution in [0.2, 0.25) is 0 Å². The quantitative estimate of drug-likeness (QED) is 0.829. The highest BCUT2D eigenvalue weighted by atomic mass is 16.5. The Balaban J connectivity index is 2.63. The first-order valence-corrected chi connectivity index (χ1v) is 5.38. The third kappa shape index (κ3) is 4.14. The molecule has 0 aliphatic heterocycles. The summed E-state index contributed by atoms with van der Waals surface area (Å²) in [4.78, 5) is 26.1. The predicted octanol–water partition coefficient (Wildman–Crippen LogP) is 1.53. The molecule has 2 N–H and O–H groups in total. The van der Waals surface area contributed by atoms with E-state index in [1.165, 1.54) is 25.4 Å². The summed E-state index contributed by atoms with van der Waals surface area (Å²) in [5.74, 6) is -0.977. The molecule has 0 atom stereocenters. The second-order valence-corrected chi connectivity index (χ2v) is 4.43. The maximum absolute atomic E-state index is 11.7. The number of aromatic carboxylic acids is 1. The average molecular weight is 252 g/mol. The number of pyridine rings is 1. The van der Waals surface area contributed by atoms with Crippen molar-refractivity contribution < 1.29 is 19.4 Å². The molecular weight excluding hydrogens is 236 g/mol. The van der Waals surface area contributed by atoms with Gasteiger partial charge in [0.15, 0.2) is 0 Å². The van der Waals surface area contributed by atoms with Gasteiger partial charge in [-0.3, -0.25) is 4.79 Å². The van der Waals surface area contributed by atoms with Crippen molar-refractivity contribution in [3.63, 3.8) is 0 Å². The number of carboxylic acid groups (broad SMARTS) is 1. The van der Waals surface area contributed by atoms with Gasteiger partial charge in [-0.15, -0.1) is 0 Å². The highest BCUT2D eigenvalue weighted by Gasteiger charge is 2.21. The van der Waals surface area contributed by atoms with Crippen LogP contribution in [-0.2, 0) is 9.53 Å². The Hall–Kier alpha value is -1.95. The van der Waals surface area contributed by atoms with Crippen molar-refractivity contribution in [1.29, 1.82) is 0 Å². The predicted molar refractivity (Wildman–Crippen MR) is 65.5 cm³/mol. The standard InChI is InChI=1S/C12H16N2O4/c1-12(2,18-3)6-10(15)14-9-5-4-8(7-13-9)11(16)17/h4-5,7H,6H2,1-3H3,(H,16,17)(H,13,14,15). The summed E-state index contributed by atoms with van der Waals surface area (Å²) in [6, 6.07) is 2.83. The molecule has 18 heavy (non-hydrogen) atoms. The summed E-state index contributed by atoms with van der Waals surface area (Å²) in [6.07, 6.45) is 1.38. The van der Waals surface area contributed by atoms with Gasteiger partial charge in [0.05, 0.1) is 17.6 Å². The van der Waals surface area contributed by atoms with Gasteiger partial charge in [0.2, 0.25) is 5.91 Å². The average Bonchev–Trinajstić information content (AvgIpc) is 2.29. The molecule has 6 heteroatoms. The van der Waals surface area contributed by atoms with Crippen molar-refractivity contribution in [2.45, 2.75) is 25.9 Å². The second kappa shape index (κ2) is 5.59. The van der Waals surface area contributed by atoms with Crippen LogP contribution in [0, 0.1) is 0 Å². The molecule has 0 bridgehead atoms. The van der Waals surface area contributed by atoms with Crippen LogP contribution in [0.15, 0.2) is 18.3 Å². The number of carbonyl (C=O) groups excluding carboxylic acids is 1. The number of aromatic nitrogens is 1. The summed E-state index contributed by atoms with van der Waals surface area (Å²) >= 11 is 0.